The van der Waals surface area contributed by atoms with Crippen molar-refractivity contribution in [2.24, 2.45) is 0 Å². The molecule has 1 aromatic carbocycles. The number of piperidine rings is 1. The van der Waals surface area contributed by atoms with E-state index in [0.29, 0.717) is 0 Å². The first-order chi connectivity index (χ1) is 7.84. The summed E-state index contributed by atoms with van der Waals surface area (Å²) in [5, 5.41) is 3.38. The van der Waals surface area contributed by atoms with Crippen molar-refractivity contribution in [1.82, 2.24) is 5.32 Å². The first-order valence-electron chi connectivity index (χ1n) is 5.86. The Labute approximate surface area is 108 Å². The van der Waals surface area contributed by atoms with Crippen LogP contribution in [0, 0.1) is 0 Å². The number of ether oxygens (including phenoxy) is 2. The Hall–Kier alpha value is -0.770. The van der Waals surface area contributed by atoms with Crippen molar-refractivity contribution >= 4 is 12.4 Å². The van der Waals surface area contributed by atoms with Crippen molar-refractivity contribution in [2.75, 3.05) is 20.2 Å². The summed E-state index contributed by atoms with van der Waals surface area (Å²) in [5.41, 5.74) is 2.62. The lowest BCUT2D eigenvalue weighted by atomic mass is 9.84. The highest BCUT2D eigenvalue weighted by Crippen LogP contribution is 2.43. The van der Waals surface area contributed by atoms with Gasteiger partial charge in [0.15, 0.2) is 0 Å². The lowest BCUT2D eigenvalue weighted by Gasteiger charge is -2.34. The van der Waals surface area contributed by atoms with E-state index in [9.17, 15) is 0 Å². The molecule has 3 rings (SSSR count). The summed E-state index contributed by atoms with van der Waals surface area (Å²) < 4.78 is 11.4. The molecule has 0 bridgehead atoms. The third kappa shape index (κ3) is 2.03. The molecular weight excluding hydrogens is 238 g/mol. The highest BCUT2D eigenvalue weighted by atomic mass is 35.5. The van der Waals surface area contributed by atoms with Gasteiger partial charge >= 0.3 is 0 Å². The SMILES string of the molecule is COc1ccc2c(c1)C1(CCNCC1)OC2.Cl. The van der Waals surface area contributed by atoms with Gasteiger partial charge in [0.2, 0.25) is 0 Å². The van der Waals surface area contributed by atoms with Crippen molar-refractivity contribution in [2.45, 2.75) is 25.0 Å². The molecule has 4 heteroatoms. The molecule has 1 saturated heterocycles. The molecule has 0 amide bonds. The molecule has 0 radical (unpaired) electrons. The fraction of sp³-hybridized carbons (Fsp3) is 0.538. The van der Waals surface area contributed by atoms with Crippen LogP contribution < -0.4 is 10.1 Å². The molecule has 2 aliphatic heterocycles. The molecule has 0 saturated carbocycles. The average Bonchev–Trinajstić information content (AvgIpc) is 2.69. The third-order valence-electron chi connectivity index (χ3n) is 3.72. The zero-order valence-electron chi connectivity index (χ0n) is 9.99. The highest BCUT2D eigenvalue weighted by molar-refractivity contribution is 5.85. The fourth-order valence-electron chi connectivity index (χ4n) is 2.77. The zero-order chi connectivity index (χ0) is 11.0. The van der Waals surface area contributed by atoms with E-state index in [0.717, 1.165) is 38.3 Å². The number of hydrogen-bond donors (Lipinski definition) is 1. The molecule has 1 aromatic rings. The van der Waals surface area contributed by atoms with Crippen LogP contribution in [-0.4, -0.2) is 20.2 Å². The molecule has 0 aliphatic carbocycles. The highest BCUT2D eigenvalue weighted by Gasteiger charge is 2.41. The van der Waals surface area contributed by atoms with E-state index in [-0.39, 0.29) is 18.0 Å². The summed E-state index contributed by atoms with van der Waals surface area (Å²) in [6.45, 7) is 2.83. The molecule has 0 aromatic heterocycles. The average molecular weight is 256 g/mol. The number of nitrogens with one attached hydrogen (secondary N) is 1. The van der Waals surface area contributed by atoms with Gasteiger partial charge in [-0.25, -0.2) is 0 Å². The smallest absolute Gasteiger partial charge is 0.119 e. The van der Waals surface area contributed by atoms with Crippen molar-refractivity contribution in [3.63, 3.8) is 0 Å². The maximum atomic E-state index is 6.06. The summed E-state index contributed by atoms with van der Waals surface area (Å²) in [7, 11) is 1.71. The molecule has 2 aliphatic rings. The Morgan fingerprint density at radius 2 is 2.06 bits per heavy atom. The van der Waals surface area contributed by atoms with Gasteiger partial charge in [0.05, 0.1) is 19.3 Å². The molecule has 1 N–H and O–H groups in total. The largest absolute Gasteiger partial charge is 0.497 e. The standard InChI is InChI=1S/C13H17NO2.ClH/c1-15-11-3-2-10-9-16-13(12(10)8-11)4-6-14-7-5-13;/h2-3,8,14H,4-7,9H2,1H3;1H. The Kier molecular flexibility index (Phi) is 3.61. The van der Waals surface area contributed by atoms with E-state index in [1.807, 2.05) is 6.07 Å². The van der Waals surface area contributed by atoms with E-state index in [1.54, 1.807) is 7.11 Å². The van der Waals surface area contributed by atoms with Gasteiger partial charge < -0.3 is 14.8 Å². The maximum Gasteiger partial charge on any atom is 0.119 e. The minimum absolute atomic E-state index is 0. The Morgan fingerprint density at radius 3 is 2.76 bits per heavy atom. The summed E-state index contributed by atoms with van der Waals surface area (Å²) in [6, 6.07) is 6.29. The second kappa shape index (κ2) is 4.84. The Morgan fingerprint density at radius 1 is 1.29 bits per heavy atom. The predicted octanol–water partition coefficient (Wildman–Crippen LogP) is 2.23. The van der Waals surface area contributed by atoms with Crippen molar-refractivity contribution in [3.05, 3.63) is 29.3 Å². The quantitative estimate of drug-likeness (QED) is 0.835. The van der Waals surface area contributed by atoms with Crippen LogP contribution in [-0.2, 0) is 16.9 Å². The van der Waals surface area contributed by atoms with Gasteiger partial charge in [-0.1, -0.05) is 6.07 Å². The summed E-state index contributed by atoms with van der Waals surface area (Å²) in [5.74, 6) is 0.933. The first kappa shape index (κ1) is 12.7. The zero-order valence-corrected chi connectivity index (χ0v) is 10.8. The third-order valence-corrected chi connectivity index (χ3v) is 3.72. The second-order valence-electron chi connectivity index (χ2n) is 4.56. The maximum absolute atomic E-state index is 6.06. The van der Waals surface area contributed by atoms with Gasteiger partial charge in [-0.2, -0.15) is 0 Å². The van der Waals surface area contributed by atoms with Crippen LogP contribution in [0.1, 0.15) is 24.0 Å². The number of benzene rings is 1. The summed E-state index contributed by atoms with van der Waals surface area (Å²) in [4.78, 5) is 0. The van der Waals surface area contributed by atoms with Gasteiger partial charge in [0, 0.05) is 0 Å². The number of halogens is 1. The van der Waals surface area contributed by atoms with E-state index in [1.165, 1.54) is 11.1 Å². The second-order valence-corrected chi connectivity index (χ2v) is 4.56. The summed E-state index contributed by atoms with van der Waals surface area (Å²) in [6.07, 6.45) is 2.13. The molecule has 17 heavy (non-hydrogen) atoms. The van der Waals surface area contributed by atoms with Crippen molar-refractivity contribution < 1.29 is 9.47 Å². The van der Waals surface area contributed by atoms with Crippen LogP contribution in [0.2, 0.25) is 0 Å². The van der Waals surface area contributed by atoms with Crippen LogP contribution in [0.5, 0.6) is 5.75 Å². The van der Waals surface area contributed by atoms with Gasteiger partial charge in [0.1, 0.15) is 5.75 Å². The molecule has 2 heterocycles. The molecule has 94 valence electrons. The van der Waals surface area contributed by atoms with E-state index >= 15 is 0 Å². The van der Waals surface area contributed by atoms with E-state index in [2.05, 4.69) is 17.4 Å². The topological polar surface area (TPSA) is 30.5 Å². The minimum atomic E-state index is -0.0465. The molecule has 0 atom stereocenters. The van der Waals surface area contributed by atoms with Crippen LogP contribution >= 0.6 is 12.4 Å². The predicted molar refractivity (Wildman–Crippen MR) is 68.8 cm³/mol. The van der Waals surface area contributed by atoms with Crippen molar-refractivity contribution in [3.8, 4) is 5.75 Å². The molecule has 3 nitrogen and oxygen atoms in total. The van der Waals surface area contributed by atoms with Gasteiger partial charge in [-0.15, -0.1) is 12.4 Å². The van der Waals surface area contributed by atoms with Crippen LogP contribution in [0.25, 0.3) is 0 Å². The first-order valence-corrected chi connectivity index (χ1v) is 5.86. The molecular formula is C13H18ClNO2. The number of hydrogen-bond acceptors (Lipinski definition) is 3. The monoisotopic (exact) mass is 255 g/mol. The normalized spacial score (nSPS) is 20.8. The fourth-order valence-corrected chi connectivity index (χ4v) is 2.77. The minimum Gasteiger partial charge on any atom is -0.497 e. The Balaban J connectivity index is 0.00000108. The van der Waals surface area contributed by atoms with Crippen molar-refractivity contribution in [1.29, 1.82) is 0 Å². The van der Waals surface area contributed by atoms with E-state index in [4.69, 9.17) is 9.47 Å². The van der Waals surface area contributed by atoms with Gasteiger partial charge in [0.25, 0.3) is 0 Å². The van der Waals surface area contributed by atoms with Gasteiger partial charge in [-0.3, -0.25) is 0 Å². The van der Waals surface area contributed by atoms with Crippen LogP contribution in [0.15, 0.2) is 18.2 Å². The lowest BCUT2D eigenvalue weighted by molar-refractivity contribution is -0.0590. The lowest BCUT2D eigenvalue weighted by Crippen LogP contribution is -2.39. The number of fused-ring (bicyclic) bond motifs is 2. The van der Waals surface area contributed by atoms with E-state index < -0.39 is 0 Å². The Bertz CT molecular complexity index is 397. The van der Waals surface area contributed by atoms with Crippen LogP contribution in [0.4, 0.5) is 0 Å². The number of methoxy groups -OCH3 is 1. The molecule has 1 spiro atoms. The number of rotatable bonds is 1. The summed E-state index contributed by atoms with van der Waals surface area (Å²) >= 11 is 0. The molecule has 0 unspecified atom stereocenters. The van der Waals surface area contributed by atoms with Crippen LogP contribution in [0.3, 0.4) is 0 Å². The van der Waals surface area contributed by atoms with Gasteiger partial charge in [-0.05, 0) is 49.2 Å². The molecule has 1 fully saturated rings.